The molecule has 0 atom stereocenters. The van der Waals surface area contributed by atoms with Crippen LogP contribution in [0.15, 0.2) is 42.6 Å². The van der Waals surface area contributed by atoms with E-state index >= 15 is 0 Å². The Kier molecular flexibility index (Phi) is 4.13. The lowest BCUT2D eigenvalue weighted by atomic mass is 10.00. The molecule has 106 valence electrons. The van der Waals surface area contributed by atoms with E-state index in [4.69, 9.17) is 5.26 Å². The molecule has 2 aromatic rings. The summed E-state index contributed by atoms with van der Waals surface area (Å²) in [6.07, 6.45) is 2.73. The van der Waals surface area contributed by atoms with Gasteiger partial charge in [0.05, 0.1) is 5.56 Å². The Hall–Kier alpha value is -2.38. The first-order valence-corrected chi connectivity index (χ1v) is 7.24. The molecule has 0 unspecified atom stereocenters. The van der Waals surface area contributed by atoms with E-state index in [1.165, 1.54) is 11.1 Å². The van der Waals surface area contributed by atoms with Crippen molar-refractivity contribution in [3.8, 4) is 6.07 Å². The zero-order valence-electron chi connectivity index (χ0n) is 11.9. The summed E-state index contributed by atoms with van der Waals surface area (Å²) in [4.78, 5) is 6.67. The zero-order valence-corrected chi connectivity index (χ0v) is 11.9. The molecular formula is C17H18N4. The van der Waals surface area contributed by atoms with Crippen molar-refractivity contribution in [2.24, 2.45) is 0 Å². The van der Waals surface area contributed by atoms with Crippen LogP contribution in [0.2, 0.25) is 0 Å². The van der Waals surface area contributed by atoms with E-state index in [9.17, 15) is 0 Å². The van der Waals surface area contributed by atoms with Crippen molar-refractivity contribution in [2.75, 3.05) is 25.0 Å². The molecule has 4 heteroatoms. The SMILES string of the molecule is N#Cc1ccc(NCCN2CCc3ccccc3C2)nc1. The zero-order chi connectivity index (χ0) is 14.5. The number of nitrogens with one attached hydrogen (secondary N) is 1. The Balaban J connectivity index is 1.49. The smallest absolute Gasteiger partial charge is 0.126 e. The summed E-state index contributed by atoms with van der Waals surface area (Å²) in [6, 6.07) is 14.4. The molecule has 0 aliphatic carbocycles. The molecule has 0 radical (unpaired) electrons. The predicted octanol–water partition coefficient (Wildman–Crippen LogP) is 2.42. The van der Waals surface area contributed by atoms with Gasteiger partial charge in [-0.15, -0.1) is 0 Å². The van der Waals surface area contributed by atoms with Gasteiger partial charge in [0.15, 0.2) is 0 Å². The highest BCUT2D eigenvalue weighted by Crippen LogP contribution is 2.17. The number of hydrogen-bond donors (Lipinski definition) is 1. The van der Waals surface area contributed by atoms with Crippen LogP contribution in [-0.2, 0) is 13.0 Å². The van der Waals surface area contributed by atoms with E-state index in [0.717, 1.165) is 38.4 Å². The van der Waals surface area contributed by atoms with Crippen LogP contribution < -0.4 is 5.32 Å². The molecule has 1 aliphatic heterocycles. The average molecular weight is 278 g/mol. The van der Waals surface area contributed by atoms with Crippen LogP contribution in [0.1, 0.15) is 16.7 Å². The van der Waals surface area contributed by atoms with Crippen LogP contribution in [0.3, 0.4) is 0 Å². The Morgan fingerprint density at radius 1 is 1.19 bits per heavy atom. The summed E-state index contributed by atoms with van der Waals surface area (Å²) in [7, 11) is 0. The maximum Gasteiger partial charge on any atom is 0.126 e. The summed E-state index contributed by atoms with van der Waals surface area (Å²) >= 11 is 0. The standard InChI is InChI=1S/C17H18N4/c18-11-14-5-6-17(20-12-14)19-8-10-21-9-7-15-3-1-2-4-16(15)13-21/h1-6,12H,7-10,13H2,(H,19,20). The van der Waals surface area contributed by atoms with Crippen molar-refractivity contribution in [2.45, 2.75) is 13.0 Å². The number of nitriles is 1. The molecule has 1 aromatic carbocycles. The minimum atomic E-state index is 0.591. The second-order valence-corrected chi connectivity index (χ2v) is 5.27. The third kappa shape index (κ3) is 3.39. The van der Waals surface area contributed by atoms with Crippen LogP contribution >= 0.6 is 0 Å². The van der Waals surface area contributed by atoms with E-state index in [-0.39, 0.29) is 0 Å². The van der Waals surface area contributed by atoms with E-state index in [2.05, 4.69) is 45.5 Å². The molecular weight excluding hydrogens is 260 g/mol. The van der Waals surface area contributed by atoms with Crippen LogP contribution in [0.25, 0.3) is 0 Å². The lowest BCUT2D eigenvalue weighted by molar-refractivity contribution is 0.264. The molecule has 3 rings (SSSR count). The molecule has 0 fully saturated rings. The molecule has 0 spiro atoms. The maximum atomic E-state index is 8.74. The second-order valence-electron chi connectivity index (χ2n) is 5.27. The monoisotopic (exact) mass is 278 g/mol. The van der Waals surface area contributed by atoms with Gasteiger partial charge in [-0.2, -0.15) is 5.26 Å². The molecule has 1 N–H and O–H groups in total. The number of hydrogen-bond acceptors (Lipinski definition) is 4. The topological polar surface area (TPSA) is 52.0 Å². The first-order chi connectivity index (χ1) is 10.3. The van der Waals surface area contributed by atoms with Crippen LogP contribution in [0.5, 0.6) is 0 Å². The fourth-order valence-corrected chi connectivity index (χ4v) is 2.65. The van der Waals surface area contributed by atoms with Gasteiger partial charge < -0.3 is 5.32 Å². The molecule has 0 amide bonds. The molecule has 0 saturated carbocycles. The minimum Gasteiger partial charge on any atom is -0.369 e. The van der Waals surface area contributed by atoms with Crippen molar-refractivity contribution in [1.29, 1.82) is 5.26 Å². The Labute approximate surface area is 125 Å². The van der Waals surface area contributed by atoms with Gasteiger partial charge in [0.1, 0.15) is 11.9 Å². The van der Waals surface area contributed by atoms with Crippen molar-refractivity contribution in [1.82, 2.24) is 9.88 Å². The molecule has 21 heavy (non-hydrogen) atoms. The largest absolute Gasteiger partial charge is 0.369 e. The van der Waals surface area contributed by atoms with E-state index in [1.807, 2.05) is 6.07 Å². The van der Waals surface area contributed by atoms with Gasteiger partial charge in [-0.3, -0.25) is 4.90 Å². The summed E-state index contributed by atoms with van der Waals surface area (Å²) < 4.78 is 0. The number of aromatic nitrogens is 1. The van der Waals surface area contributed by atoms with E-state index < -0.39 is 0 Å². The van der Waals surface area contributed by atoms with Crippen LogP contribution in [0, 0.1) is 11.3 Å². The number of anilines is 1. The number of fused-ring (bicyclic) bond motifs is 1. The van der Waals surface area contributed by atoms with Crippen LogP contribution in [0.4, 0.5) is 5.82 Å². The summed E-state index contributed by atoms with van der Waals surface area (Å²) in [5.74, 6) is 0.825. The first kappa shape index (κ1) is 13.6. The molecule has 1 aliphatic rings. The fourth-order valence-electron chi connectivity index (χ4n) is 2.65. The van der Waals surface area contributed by atoms with Crippen molar-refractivity contribution >= 4 is 5.82 Å². The van der Waals surface area contributed by atoms with E-state index in [0.29, 0.717) is 5.56 Å². The van der Waals surface area contributed by atoms with Gasteiger partial charge >= 0.3 is 0 Å². The molecule has 2 heterocycles. The second kappa shape index (κ2) is 6.38. The summed E-state index contributed by atoms with van der Waals surface area (Å²) in [5, 5.41) is 12.0. The number of nitrogens with zero attached hydrogens (tertiary/aromatic N) is 3. The summed E-state index contributed by atoms with van der Waals surface area (Å²) in [5.41, 5.74) is 3.52. The van der Waals surface area contributed by atoms with Gasteiger partial charge in [-0.25, -0.2) is 4.98 Å². The average Bonchev–Trinajstić information content (AvgIpc) is 2.55. The number of benzene rings is 1. The van der Waals surface area contributed by atoms with E-state index in [1.54, 1.807) is 12.3 Å². The lowest BCUT2D eigenvalue weighted by Crippen LogP contribution is -2.34. The molecule has 1 aromatic heterocycles. The normalized spacial score (nSPS) is 14.2. The van der Waals surface area contributed by atoms with Gasteiger partial charge in [0.25, 0.3) is 0 Å². The minimum absolute atomic E-state index is 0.591. The van der Waals surface area contributed by atoms with Crippen molar-refractivity contribution in [3.63, 3.8) is 0 Å². The van der Waals surface area contributed by atoms with Crippen LogP contribution in [-0.4, -0.2) is 29.5 Å². The Bertz CT molecular complexity index is 643. The van der Waals surface area contributed by atoms with Gasteiger partial charge in [-0.1, -0.05) is 24.3 Å². The van der Waals surface area contributed by atoms with Crippen molar-refractivity contribution in [3.05, 3.63) is 59.3 Å². The first-order valence-electron chi connectivity index (χ1n) is 7.24. The fraction of sp³-hybridized carbons (Fsp3) is 0.294. The molecule has 0 saturated heterocycles. The molecule has 4 nitrogen and oxygen atoms in total. The maximum absolute atomic E-state index is 8.74. The number of rotatable bonds is 4. The predicted molar refractivity (Wildman–Crippen MR) is 82.9 cm³/mol. The molecule has 0 bridgehead atoms. The van der Waals surface area contributed by atoms with Crippen molar-refractivity contribution < 1.29 is 0 Å². The highest BCUT2D eigenvalue weighted by molar-refractivity contribution is 5.38. The highest BCUT2D eigenvalue weighted by Gasteiger charge is 2.14. The third-order valence-electron chi connectivity index (χ3n) is 3.84. The number of pyridine rings is 1. The van der Waals surface area contributed by atoms with Gasteiger partial charge in [0.2, 0.25) is 0 Å². The van der Waals surface area contributed by atoms with Gasteiger partial charge in [0, 0.05) is 32.4 Å². The summed E-state index contributed by atoms with van der Waals surface area (Å²) in [6.45, 7) is 4.00. The lowest BCUT2D eigenvalue weighted by Gasteiger charge is -2.28. The Morgan fingerprint density at radius 3 is 2.81 bits per heavy atom. The third-order valence-corrected chi connectivity index (χ3v) is 3.84. The highest BCUT2D eigenvalue weighted by atomic mass is 15.1. The Morgan fingerprint density at radius 2 is 2.05 bits per heavy atom. The van der Waals surface area contributed by atoms with Gasteiger partial charge in [-0.05, 0) is 29.7 Å². The quantitative estimate of drug-likeness (QED) is 0.933.